The van der Waals surface area contributed by atoms with E-state index in [0.717, 1.165) is 5.56 Å². The van der Waals surface area contributed by atoms with Crippen molar-refractivity contribution in [2.75, 3.05) is 25.5 Å². The Kier molecular flexibility index (Phi) is 7.32. The summed E-state index contributed by atoms with van der Waals surface area (Å²) in [6.07, 6.45) is 0.183. The van der Waals surface area contributed by atoms with Gasteiger partial charge in [-0.1, -0.05) is 24.3 Å². The molecule has 28 heavy (non-hydrogen) atoms. The molecule has 2 aromatic rings. The average Bonchev–Trinajstić information content (AvgIpc) is 2.67. The Morgan fingerprint density at radius 2 is 1.86 bits per heavy atom. The van der Waals surface area contributed by atoms with Crippen molar-refractivity contribution >= 4 is 23.3 Å². The molecule has 0 unspecified atom stereocenters. The highest BCUT2D eigenvalue weighted by molar-refractivity contribution is 5.76. The summed E-state index contributed by atoms with van der Waals surface area (Å²) in [4.78, 5) is 34.8. The van der Waals surface area contributed by atoms with Crippen molar-refractivity contribution in [3.63, 3.8) is 0 Å². The number of carbonyl (C=O) groups is 2. The Balaban J connectivity index is 1.81. The second kappa shape index (κ2) is 9.91. The van der Waals surface area contributed by atoms with Crippen LogP contribution in [0.2, 0.25) is 0 Å². The van der Waals surface area contributed by atoms with Crippen molar-refractivity contribution in [3.05, 3.63) is 64.2 Å². The quantitative estimate of drug-likeness (QED) is 0.474. The molecule has 148 valence electrons. The summed E-state index contributed by atoms with van der Waals surface area (Å²) in [6.45, 7) is 0.240. The molecule has 0 aliphatic carbocycles. The fraction of sp³-hybridized carbons (Fsp3) is 0.263. The summed E-state index contributed by atoms with van der Waals surface area (Å²) in [7, 11) is 1.67. The third kappa shape index (κ3) is 6.27. The lowest BCUT2D eigenvalue weighted by Gasteiger charge is -2.18. The van der Waals surface area contributed by atoms with E-state index in [-0.39, 0.29) is 24.6 Å². The van der Waals surface area contributed by atoms with Gasteiger partial charge in [-0.3, -0.25) is 14.9 Å². The van der Waals surface area contributed by atoms with Gasteiger partial charge in [-0.25, -0.2) is 4.79 Å². The van der Waals surface area contributed by atoms with Crippen LogP contribution in [0.25, 0.3) is 0 Å². The molecule has 0 atom stereocenters. The fourth-order valence-electron chi connectivity index (χ4n) is 2.48. The van der Waals surface area contributed by atoms with Crippen LogP contribution < -0.4 is 10.1 Å². The van der Waals surface area contributed by atoms with E-state index in [1.165, 1.54) is 6.07 Å². The number of carbonyl (C=O) groups excluding carboxylic acids is 1. The van der Waals surface area contributed by atoms with E-state index in [9.17, 15) is 19.7 Å². The molecule has 0 aromatic heterocycles. The number of nitrogens with one attached hydrogen (secondary N) is 1. The first-order chi connectivity index (χ1) is 13.4. The van der Waals surface area contributed by atoms with Gasteiger partial charge in [0, 0.05) is 32.6 Å². The highest BCUT2D eigenvalue weighted by atomic mass is 16.6. The Bertz CT molecular complexity index is 838. The molecular formula is C19H21N3O6. The van der Waals surface area contributed by atoms with Gasteiger partial charge < -0.3 is 20.1 Å². The Hall–Kier alpha value is -3.62. The summed E-state index contributed by atoms with van der Waals surface area (Å²) in [6, 6.07) is 13.1. The molecule has 0 aliphatic heterocycles. The van der Waals surface area contributed by atoms with Crippen LogP contribution in [0.15, 0.2) is 48.5 Å². The number of amides is 1. The largest absolute Gasteiger partial charge is 0.482 e. The molecule has 9 heteroatoms. The molecule has 1 amide bonds. The van der Waals surface area contributed by atoms with Crippen LogP contribution in [0.4, 0.5) is 11.4 Å². The van der Waals surface area contributed by atoms with Crippen molar-refractivity contribution in [1.29, 1.82) is 0 Å². The number of carboxylic acid groups (broad SMARTS) is 1. The molecule has 2 N–H and O–H groups in total. The SMILES string of the molecule is CN(Cc1ccc(OCC(=O)O)cc1)C(=O)CCNc1ccccc1[N+](=O)[O-]. The number of benzene rings is 2. The smallest absolute Gasteiger partial charge is 0.341 e. The van der Waals surface area contributed by atoms with Gasteiger partial charge in [-0.05, 0) is 23.8 Å². The van der Waals surface area contributed by atoms with Crippen LogP contribution in [0, 0.1) is 10.1 Å². The highest BCUT2D eigenvalue weighted by Gasteiger charge is 2.13. The van der Waals surface area contributed by atoms with Gasteiger partial charge in [-0.15, -0.1) is 0 Å². The number of nitro groups is 1. The molecule has 2 aromatic carbocycles. The van der Waals surface area contributed by atoms with Gasteiger partial charge >= 0.3 is 5.97 Å². The Morgan fingerprint density at radius 1 is 1.18 bits per heavy atom. The minimum absolute atomic E-state index is 0.0338. The third-order valence-electron chi connectivity index (χ3n) is 3.89. The van der Waals surface area contributed by atoms with Crippen LogP contribution in [-0.4, -0.2) is 47.0 Å². The molecule has 0 bridgehead atoms. The first-order valence-corrected chi connectivity index (χ1v) is 8.51. The van der Waals surface area contributed by atoms with E-state index in [1.807, 2.05) is 0 Å². The lowest BCUT2D eigenvalue weighted by Crippen LogP contribution is -2.27. The number of para-hydroxylation sites is 2. The van der Waals surface area contributed by atoms with Crippen LogP contribution >= 0.6 is 0 Å². The van der Waals surface area contributed by atoms with Crippen molar-refractivity contribution in [1.82, 2.24) is 4.90 Å². The minimum Gasteiger partial charge on any atom is -0.482 e. The second-order valence-electron chi connectivity index (χ2n) is 6.03. The van der Waals surface area contributed by atoms with Crippen LogP contribution in [0.1, 0.15) is 12.0 Å². The van der Waals surface area contributed by atoms with E-state index in [0.29, 0.717) is 18.0 Å². The maximum absolute atomic E-state index is 12.3. The lowest BCUT2D eigenvalue weighted by atomic mass is 10.2. The molecule has 0 saturated heterocycles. The van der Waals surface area contributed by atoms with E-state index >= 15 is 0 Å². The first kappa shape index (κ1) is 20.7. The summed E-state index contributed by atoms with van der Waals surface area (Å²) < 4.78 is 5.06. The number of rotatable bonds is 10. The molecule has 0 radical (unpaired) electrons. The molecule has 0 fully saturated rings. The topological polar surface area (TPSA) is 122 Å². The van der Waals surface area contributed by atoms with Gasteiger partial charge in [-0.2, -0.15) is 0 Å². The van der Waals surface area contributed by atoms with Crippen LogP contribution in [0.5, 0.6) is 5.75 Å². The predicted molar refractivity (Wildman–Crippen MR) is 102 cm³/mol. The van der Waals surface area contributed by atoms with Crippen molar-refractivity contribution in [2.24, 2.45) is 0 Å². The maximum atomic E-state index is 12.3. The number of anilines is 1. The van der Waals surface area contributed by atoms with E-state index in [1.54, 1.807) is 54.4 Å². The number of aliphatic carboxylic acids is 1. The monoisotopic (exact) mass is 387 g/mol. The zero-order valence-corrected chi connectivity index (χ0v) is 15.3. The Morgan fingerprint density at radius 3 is 2.50 bits per heavy atom. The number of nitrogens with zero attached hydrogens (tertiary/aromatic N) is 2. The van der Waals surface area contributed by atoms with Crippen LogP contribution in [0.3, 0.4) is 0 Å². The van der Waals surface area contributed by atoms with Crippen molar-refractivity contribution < 1.29 is 24.4 Å². The molecule has 0 aliphatic rings. The lowest BCUT2D eigenvalue weighted by molar-refractivity contribution is -0.384. The third-order valence-corrected chi connectivity index (χ3v) is 3.89. The number of ether oxygens (including phenoxy) is 1. The van der Waals surface area contributed by atoms with Gasteiger partial charge in [0.25, 0.3) is 5.69 Å². The van der Waals surface area contributed by atoms with Crippen molar-refractivity contribution in [3.8, 4) is 5.75 Å². The van der Waals surface area contributed by atoms with Crippen molar-refractivity contribution in [2.45, 2.75) is 13.0 Å². The number of nitro benzene ring substituents is 1. The minimum atomic E-state index is -1.05. The molecule has 0 spiro atoms. The Labute approximate surface area is 161 Å². The molecule has 0 heterocycles. The van der Waals surface area contributed by atoms with E-state index in [2.05, 4.69) is 5.32 Å². The normalized spacial score (nSPS) is 10.2. The van der Waals surface area contributed by atoms with Gasteiger partial charge in [0.1, 0.15) is 11.4 Å². The summed E-state index contributed by atoms with van der Waals surface area (Å²) in [5.74, 6) is -0.727. The first-order valence-electron chi connectivity index (χ1n) is 8.51. The van der Waals surface area contributed by atoms with Gasteiger partial charge in [0.2, 0.25) is 5.91 Å². The standard InChI is InChI=1S/C19H21N3O6/c1-21(12-14-6-8-15(9-7-14)28-13-19(24)25)18(23)10-11-20-16-4-2-3-5-17(16)22(26)27/h2-9,20H,10-13H2,1H3,(H,24,25). The van der Waals surface area contributed by atoms with Crippen LogP contribution in [-0.2, 0) is 16.1 Å². The summed E-state index contributed by atoms with van der Waals surface area (Å²) in [5.41, 5.74) is 1.21. The van der Waals surface area contributed by atoms with E-state index < -0.39 is 17.5 Å². The number of hydrogen-bond acceptors (Lipinski definition) is 6. The van der Waals surface area contributed by atoms with Gasteiger partial charge in [0.05, 0.1) is 4.92 Å². The fourth-order valence-corrected chi connectivity index (χ4v) is 2.48. The van der Waals surface area contributed by atoms with Gasteiger partial charge in [0.15, 0.2) is 6.61 Å². The average molecular weight is 387 g/mol. The summed E-state index contributed by atoms with van der Waals surface area (Å²) in [5, 5.41) is 22.5. The van der Waals surface area contributed by atoms with E-state index in [4.69, 9.17) is 9.84 Å². The zero-order valence-electron chi connectivity index (χ0n) is 15.3. The second-order valence-corrected chi connectivity index (χ2v) is 6.03. The number of hydrogen-bond donors (Lipinski definition) is 2. The molecule has 2 rings (SSSR count). The number of carboxylic acids is 1. The molecule has 9 nitrogen and oxygen atoms in total. The summed E-state index contributed by atoms with van der Waals surface area (Å²) >= 11 is 0. The predicted octanol–water partition coefficient (Wildman–Crippen LogP) is 2.52. The zero-order chi connectivity index (χ0) is 20.5. The molecule has 0 saturated carbocycles. The highest BCUT2D eigenvalue weighted by Crippen LogP contribution is 2.23. The molecular weight excluding hydrogens is 366 g/mol. The maximum Gasteiger partial charge on any atom is 0.341 e.